The van der Waals surface area contributed by atoms with Crippen LogP contribution < -0.4 is 4.18 Å². The fraction of sp³-hybridized carbons (Fsp3) is 0.400. The van der Waals surface area contributed by atoms with Crippen molar-refractivity contribution in [3.05, 3.63) is 30.0 Å². The van der Waals surface area contributed by atoms with E-state index >= 15 is 0 Å². The molecule has 0 spiro atoms. The van der Waals surface area contributed by atoms with Crippen LogP contribution in [-0.2, 0) is 14.9 Å². The Morgan fingerprint density at radius 1 is 1.16 bits per heavy atom. The number of carbonyl (C=O) groups is 1. The third-order valence-corrected chi connectivity index (χ3v) is 4.01. The summed E-state index contributed by atoms with van der Waals surface area (Å²) in [7, 11) is -5.82. The summed E-state index contributed by atoms with van der Waals surface area (Å²) in [6, 6.07) is 5.15. The molecule has 0 aliphatic heterocycles. The number of halogens is 3. The van der Waals surface area contributed by atoms with E-state index in [0.717, 1.165) is 10.6 Å². The average molecular weight is 379 g/mol. The zero-order valence-corrected chi connectivity index (χ0v) is 14.7. The minimum atomic E-state index is -5.82. The SMILES string of the molecule is Cc1cc2c(OS(=O)(=O)C(F)(F)F)cccc2n1C(=O)OC(C)(C)C. The van der Waals surface area contributed by atoms with E-state index in [4.69, 9.17) is 4.74 Å². The fourth-order valence-corrected chi connectivity index (χ4v) is 2.60. The molecular weight excluding hydrogens is 363 g/mol. The number of hydrogen-bond acceptors (Lipinski definition) is 5. The first-order chi connectivity index (χ1) is 11.2. The summed E-state index contributed by atoms with van der Waals surface area (Å²) >= 11 is 0. The normalized spacial score (nSPS) is 13.1. The smallest absolute Gasteiger partial charge is 0.443 e. The van der Waals surface area contributed by atoms with Gasteiger partial charge in [0.25, 0.3) is 0 Å². The first kappa shape index (κ1) is 19.1. The Balaban J connectivity index is 2.55. The van der Waals surface area contributed by atoms with Gasteiger partial charge in [-0.1, -0.05) is 6.07 Å². The van der Waals surface area contributed by atoms with Gasteiger partial charge in [0, 0.05) is 11.1 Å². The number of hydrogen-bond donors (Lipinski definition) is 0. The molecule has 0 aliphatic rings. The van der Waals surface area contributed by atoms with Gasteiger partial charge >= 0.3 is 21.7 Å². The van der Waals surface area contributed by atoms with Crippen molar-refractivity contribution in [1.29, 1.82) is 0 Å². The lowest BCUT2D eigenvalue weighted by molar-refractivity contribution is -0.0499. The zero-order chi connectivity index (χ0) is 19.2. The Kier molecular flexibility index (Phi) is 4.54. The molecule has 0 bridgehead atoms. The number of nitrogens with zero attached hydrogens (tertiary/aromatic N) is 1. The molecule has 0 saturated heterocycles. The molecule has 2 aromatic rings. The van der Waals surface area contributed by atoms with Crippen molar-refractivity contribution in [2.45, 2.75) is 38.8 Å². The van der Waals surface area contributed by atoms with E-state index in [1.54, 1.807) is 20.8 Å². The summed E-state index contributed by atoms with van der Waals surface area (Å²) in [5.74, 6) is -0.528. The van der Waals surface area contributed by atoms with E-state index in [1.165, 1.54) is 25.1 Å². The molecule has 10 heteroatoms. The molecule has 0 atom stereocenters. The molecule has 0 N–H and O–H groups in total. The predicted octanol–water partition coefficient (Wildman–Crippen LogP) is 3.96. The number of ether oxygens (including phenoxy) is 1. The summed E-state index contributed by atoms with van der Waals surface area (Å²) in [4.78, 5) is 12.3. The molecule has 6 nitrogen and oxygen atoms in total. The predicted molar refractivity (Wildman–Crippen MR) is 83.9 cm³/mol. The quantitative estimate of drug-likeness (QED) is 0.583. The molecule has 25 heavy (non-hydrogen) atoms. The standard InChI is InChI=1S/C15H16F3NO5S/c1-9-8-10-11(19(9)13(20)23-14(2,3)4)6-5-7-12(10)24-25(21,22)15(16,17)18/h5-8H,1-4H3. The number of aryl methyl sites for hydroxylation is 1. The summed E-state index contributed by atoms with van der Waals surface area (Å²) in [6.45, 7) is 6.52. The van der Waals surface area contributed by atoms with Crippen molar-refractivity contribution in [3.8, 4) is 5.75 Å². The largest absolute Gasteiger partial charge is 0.534 e. The molecule has 138 valence electrons. The molecular formula is C15H16F3NO5S. The van der Waals surface area contributed by atoms with Gasteiger partial charge < -0.3 is 8.92 Å². The molecule has 0 unspecified atom stereocenters. The lowest BCUT2D eigenvalue weighted by Gasteiger charge is -2.20. The van der Waals surface area contributed by atoms with Crippen LogP contribution in [0.1, 0.15) is 26.5 Å². The van der Waals surface area contributed by atoms with Crippen LogP contribution in [0.3, 0.4) is 0 Å². The lowest BCUT2D eigenvalue weighted by Crippen LogP contribution is -2.28. The minimum absolute atomic E-state index is 0.0404. The van der Waals surface area contributed by atoms with Crippen LogP contribution in [-0.4, -0.2) is 30.2 Å². The van der Waals surface area contributed by atoms with Crippen LogP contribution in [0.4, 0.5) is 18.0 Å². The van der Waals surface area contributed by atoms with Crippen molar-refractivity contribution in [1.82, 2.24) is 4.57 Å². The first-order valence-electron chi connectivity index (χ1n) is 7.08. The van der Waals surface area contributed by atoms with Gasteiger partial charge in [-0.05, 0) is 45.9 Å². The lowest BCUT2D eigenvalue weighted by atomic mass is 10.2. The maximum atomic E-state index is 12.5. The molecule has 1 aromatic carbocycles. The van der Waals surface area contributed by atoms with Gasteiger partial charge in [-0.2, -0.15) is 21.6 Å². The minimum Gasteiger partial charge on any atom is -0.443 e. The number of rotatable bonds is 2. The van der Waals surface area contributed by atoms with Crippen LogP contribution in [0.15, 0.2) is 24.3 Å². The van der Waals surface area contributed by atoms with Gasteiger partial charge in [0.2, 0.25) is 0 Å². The van der Waals surface area contributed by atoms with E-state index in [2.05, 4.69) is 4.18 Å². The van der Waals surface area contributed by atoms with Crippen molar-refractivity contribution >= 4 is 27.1 Å². The van der Waals surface area contributed by atoms with Gasteiger partial charge in [-0.15, -0.1) is 0 Å². The molecule has 0 radical (unpaired) electrons. The Morgan fingerprint density at radius 2 is 1.76 bits per heavy atom. The highest BCUT2D eigenvalue weighted by Crippen LogP contribution is 2.33. The van der Waals surface area contributed by atoms with Gasteiger partial charge in [0.05, 0.1) is 5.52 Å². The highest BCUT2D eigenvalue weighted by molar-refractivity contribution is 7.88. The number of alkyl halides is 3. The van der Waals surface area contributed by atoms with Crippen molar-refractivity contribution in [2.24, 2.45) is 0 Å². The van der Waals surface area contributed by atoms with E-state index in [1.807, 2.05) is 0 Å². The monoisotopic (exact) mass is 379 g/mol. The van der Waals surface area contributed by atoms with Crippen LogP contribution in [0.2, 0.25) is 0 Å². The van der Waals surface area contributed by atoms with Gasteiger partial charge in [-0.25, -0.2) is 9.36 Å². The van der Waals surface area contributed by atoms with Crippen LogP contribution in [0, 0.1) is 6.92 Å². The van der Waals surface area contributed by atoms with E-state index in [-0.39, 0.29) is 10.9 Å². The van der Waals surface area contributed by atoms with Crippen molar-refractivity contribution in [2.75, 3.05) is 0 Å². The molecule has 0 aliphatic carbocycles. The third-order valence-electron chi connectivity index (χ3n) is 3.05. The Hall–Kier alpha value is -2.23. The molecule has 1 heterocycles. The number of benzene rings is 1. The maximum absolute atomic E-state index is 12.5. The number of carbonyl (C=O) groups excluding carboxylic acids is 1. The van der Waals surface area contributed by atoms with Gasteiger partial charge in [0.1, 0.15) is 5.60 Å². The Labute approximate surface area is 142 Å². The second-order valence-electron chi connectivity index (χ2n) is 6.27. The van der Waals surface area contributed by atoms with Crippen molar-refractivity contribution in [3.63, 3.8) is 0 Å². The van der Waals surface area contributed by atoms with E-state index < -0.39 is 33.1 Å². The fourth-order valence-electron chi connectivity index (χ4n) is 2.12. The molecule has 0 fully saturated rings. The second-order valence-corrected chi connectivity index (χ2v) is 7.81. The molecule has 2 rings (SSSR count). The average Bonchev–Trinajstić information content (AvgIpc) is 2.72. The number of aromatic nitrogens is 1. The summed E-state index contributed by atoms with van der Waals surface area (Å²) < 4.78 is 70.6. The van der Waals surface area contributed by atoms with Gasteiger partial charge in [0.15, 0.2) is 5.75 Å². The van der Waals surface area contributed by atoms with Crippen LogP contribution in [0.25, 0.3) is 10.9 Å². The molecule has 1 aromatic heterocycles. The van der Waals surface area contributed by atoms with E-state index in [0.29, 0.717) is 5.69 Å². The van der Waals surface area contributed by atoms with Crippen LogP contribution >= 0.6 is 0 Å². The third kappa shape index (κ3) is 3.89. The Bertz CT molecular complexity index is 923. The highest BCUT2D eigenvalue weighted by atomic mass is 32.2. The van der Waals surface area contributed by atoms with Crippen molar-refractivity contribution < 1.29 is 35.3 Å². The molecule has 0 saturated carbocycles. The first-order valence-corrected chi connectivity index (χ1v) is 8.49. The summed E-state index contributed by atoms with van der Waals surface area (Å²) in [5, 5.41) is 0.0404. The van der Waals surface area contributed by atoms with Gasteiger partial charge in [-0.3, -0.25) is 0 Å². The van der Waals surface area contributed by atoms with E-state index in [9.17, 15) is 26.4 Å². The van der Waals surface area contributed by atoms with Crippen LogP contribution in [0.5, 0.6) is 5.75 Å². The maximum Gasteiger partial charge on any atom is 0.534 e. The zero-order valence-electron chi connectivity index (χ0n) is 13.8. The number of fused-ring (bicyclic) bond motifs is 1. The Morgan fingerprint density at radius 3 is 2.28 bits per heavy atom. The topological polar surface area (TPSA) is 74.6 Å². The highest BCUT2D eigenvalue weighted by Gasteiger charge is 2.48. The summed E-state index contributed by atoms with van der Waals surface area (Å²) in [6.07, 6.45) is -0.740. The summed E-state index contributed by atoms with van der Waals surface area (Å²) in [5.41, 5.74) is -5.82. The second kappa shape index (κ2) is 5.94. The molecule has 0 amide bonds.